The molecule has 0 saturated carbocycles. The number of nitrogens with one attached hydrogen (secondary N) is 1. The van der Waals surface area contributed by atoms with Gasteiger partial charge in [-0.2, -0.15) is 13.2 Å². The number of amides is 1. The minimum absolute atomic E-state index is 0.119. The fourth-order valence-electron chi connectivity index (χ4n) is 3.62. The van der Waals surface area contributed by atoms with Gasteiger partial charge in [-0.15, -0.1) is 0 Å². The maximum Gasteiger partial charge on any atom is 0.490 e. The van der Waals surface area contributed by atoms with Gasteiger partial charge < -0.3 is 46.3 Å². The van der Waals surface area contributed by atoms with Crippen LogP contribution < -0.4 is 31.0 Å². The van der Waals surface area contributed by atoms with Gasteiger partial charge in [0, 0.05) is 12.5 Å². The molecule has 1 unspecified atom stereocenters. The molecule has 2 aromatic carbocycles. The number of aliphatic carboxylic acids is 3. The Labute approximate surface area is 252 Å². The van der Waals surface area contributed by atoms with E-state index in [1.54, 1.807) is 18.2 Å². The Bertz CT molecular complexity index is 1440. The number of nitrogens with two attached hydrogens (primary N) is 2. The fourth-order valence-corrected chi connectivity index (χ4v) is 3.62. The number of para-hydroxylation sites is 1. The Morgan fingerprint density at radius 2 is 1.62 bits per heavy atom. The van der Waals surface area contributed by atoms with Crippen molar-refractivity contribution in [3.63, 3.8) is 0 Å². The number of hydrogen-bond donors (Lipinski definition) is 6. The predicted molar refractivity (Wildman–Crippen MR) is 147 cm³/mol. The third kappa shape index (κ3) is 11.9. The zero-order valence-electron chi connectivity index (χ0n) is 23.3. The highest BCUT2D eigenvalue weighted by molar-refractivity contribution is 5.95. The van der Waals surface area contributed by atoms with E-state index in [9.17, 15) is 32.3 Å². The standard InChI is InChI=1S/C25H28N4O9.C2HF3O2/c26-25(27)28-15-7-8-16-19(12-15)36-10-1-2-11-37-22-14(4-3-5-18(22)38-24(16)35)6-9-20(30)29-17(23(33)34)13-21(31)32;3-2(4,5)1(6)7/h3-5,7-8,12,17H,1-2,6,9-11,13H2,(H,29,30)(H,31,32)(H,33,34)(H4,26,27,28);(H,6,7). The van der Waals surface area contributed by atoms with Crippen molar-refractivity contribution < 1.29 is 66.7 Å². The Hall–Kier alpha value is -5.55. The van der Waals surface area contributed by atoms with Crippen molar-refractivity contribution in [2.45, 2.75) is 44.3 Å². The van der Waals surface area contributed by atoms with Gasteiger partial charge in [-0.3, -0.25) is 9.59 Å². The van der Waals surface area contributed by atoms with Crippen molar-refractivity contribution in [2.75, 3.05) is 13.2 Å². The number of halogens is 3. The van der Waals surface area contributed by atoms with E-state index in [0.717, 1.165) is 0 Å². The van der Waals surface area contributed by atoms with Gasteiger partial charge in [0.05, 0.1) is 25.3 Å². The number of carboxylic acids is 3. The summed E-state index contributed by atoms with van der Waals surface area (Å²) in [6.45, 7) is 0.572. The van der Waals surface area contributed by atoms with Gasteiger partial charge >= 0.3 is 30.1 Å². The summed E-state index contributed by atoms with van der Waals surface area (Å²) >= 11 is 0. The molecule has 0 fully saturated rings. The lowest BCUT2D eigenvalue weighted by Crippen LogP contribution is -2.42. The van der Waals surface area contributed by atoms with Gasteiger partial charge in [0.1, 0.15) is 17.4 Å². The highest BCUT2D eigenvalue weighted by Gasteiger charge is 2.38. The van der Waals surface area contributed by atoms with Crippen molar-refractivity contribution in [1.29, 1.82) is 0 Å². The fraction of sp³-hybridized carbons (Fsp3) is 0.333. The zero-order chi connectivity index (χ0) is 33.7. The average molecular weight is 643 g/mol. The number of aliphatic imine (C=N–C) groups is 1. The van der Waals surface area contributed by atoms with Crippen LogP contribution in [0, 0.1) is 0 Å². The molecule has 1 aliphatic heterocycles. The molecule has 3 rings (SSSR count). The number of nitrogens with zero attached hydrogens (tertiary/aromatic N) is 1. The molecular weight excluding hydrogens is 613 g/mol. The number of ether oxygens (including phenoxy) is 3. The summed E-state index contributed by atoms with van der Waals surface area (Å²) in [6, 6.07) is 7.86. The molecule has 0 radical (unpaired) electrons. The van der Waals surface area contributed by atoms with Gasteiger partial charge in [-0.05, 0) is 43.0 Å². The monoisotopic (exact) mass is 642 g/mol. The lowest BCUT2D eigenvalue weighted by atomic mass is 10.1. The number of aryl methyl sites for hydroxylation is 1. The van der Waals surface area contributed by atoms with E-state index < -0.39 is 48.4 Å². The summed E-state index contributed by atoms with van der Waals surface area (Å²) in [5.74, 6) is -6.41. The molecule has 0 spiro atoms. The molecule has 1 aliphatic rings. The van der Waals surface area contributed by atoms with E-state index >= 15 is 0 Å². The molecule has 45 heavy (non-hydrogen) atoms. The molecule has 1 atom stereocenters. The molecule has 2 aromatic rings. The van der Waals surface area contributed by atoms with Crippen molar-refractivity contribution in [3.05, 3.63) is 47.5 Å². The number of benzene rings is 2. The van der Waals surface area contributed by atoms with Crippen molar-refractivity contribution in [2.24, 2.45) is 16.5 Å². The van der Waals surface area contributed by atoms with Gasteiger partial charge in [0.25, 0.3) is 0 Å². The number of carbonyl (C=O) groups is 5. The largest absolute Gasteiger partial charge is 0.493 e. The third-order valence-corrected chi connectivity index (χ3v) is 5.63. The predicted octanol–water partition coefficient (Wildman–Crippen LogP) is 1.97. The second-order valence-corrected chi connectivity index (χ2v) is 9.11. The molecule has 15 nitrogen and oxygen atoms in total. The van der Waals surface area contributed by atoms with Crippen LogP contribution in [-0.2, 0) is 25.6 Å². The van der Waals surface area contributed by atoms with Crippen molar-refractivity contribution in [3.8, 4) is 17.2 Å². The first-order valence-electron chi connectivity index (χ1n) is 13.0. The smallest absolute Gasteiger partial charge is 0.490 e. The molecule has 0 saturated heterocycles. The number of guanidine groups is 1. The number of hydrogen-bond acceptors (Lipinski definition) is 9. The van der Waals surface area contributed by atoms with Crippen molar-refractivity contribution in [1.82, 2.24) is 5.32 Å². The van der Waals surface area contributed by atoms with E-state index in [2.05, 4.69) is 10.3 Å². The van der Waals surface area contributed by atoms with Crippen LogP contribution in [0.2, 0.25) is 0 Å². The Morgan fingerprint density at radius 1 is 0.978 bits per heavy atom. The number of esters is 1. The summed E-state index contributed by atoms with van der Waals surface area (Å²) in [5, 5.41) is 27.3. The first kappa shape index (κ1) is 35.6. The van der Waals surface area contributed by atoms with E-state index in [4.69, 9.17) is 45.8 Å². The SMILES string of the molecule is NC(N)=Nc1ccc2c(c1)OCCCCOc1c(CCC(=O)NC(CC(=O)O)C(=O)O)cccc1OC2=O.O=C(O)C(F)(F)F. The maximum atomic E-state index is 13.1. The molecule has 18 heteroatoms. The van der Waals surface area contributed by atoms with Gasteiger partial charge in [-0.1, -0.05) is 12.1 Å². The number of fused-ring (bicyclic) bond motifs is 2. The van der Waals surface area contributed by atoms with Crippen LogP contribution in [0.3, 0.4) is 0 Å². The van der Waals surface area contributed by atoms with Crippen LogP contribution in [0.5, 0.6) is 17.2 Å². The molecule has 0 aliphatic carbocycles. The first-order chi connectivity index (χ1) is 21.1. The van der Waals surface area contributed by atoms with Crippen LogP contribution in [0.1, 0.15) is 41.6 Å². The maximum absolute atomic E-state index is 13.1. The molecule has 1 heterocycles. The van der Waals surface area contributed by atoms with Crippen LogP contribution in [0.15, 0.2) is 41.4 Å². The number of alkyl halides is 3. The quantitative estimate of drug-likeness (QED) is 0.104. The molecule has 0 bridgehead atoms. The number of rotatable bonds is 8. The lowest BCUT2D eigenvalue weighted by Gasteiger charge is -2.18. The minimum Gasteiger partial charge on any atom is -0.493 e. The Balaban J connectivity index is 0.000000900. The summed E-state index contributed by atoms with van der Waals surface area (Å²) in [6.07, 6.45) is -4.64. The summed E-state index contributed by atoms with van der Waals surface area (Å²) in [5.41, 5.74) is 12.0. The Morgan fingerprint density at radius 3 is 2.20 bits per heavy atom. The highest BCUT2D eigenvalue weighted by atomic mass is 19.4. The molecule has 244 valence electrons. The van der Waals surface area contributed by atoms with Crippen LogP contribution in [0.25, 0.3) is 0 Å². The van der Waals surface area contributed by atoms with Crippen LogP contribution in [0.4, 0.5) is 18.9 Å². The van der Waals surface area contributed by atoms with Gasteiger partial charge in [0.2, 0.25) is 5.91 Å². The summed E-state index contributed by atoms with van der Waals surface area (Å²) in [7, 11) is 0. The molecule has 8 N–H and O–H groups in total. The topological polar surface area (TPSA) is 250 Å². The van der Waals surface area contributed by atoms with Crippen molar-refractivity contribution >= 4 is 41.4 Å². The number of carbonyl (C=O) groups excluding carboxylic acids is 2. The van der Waals surface area contributed by atoms with Gasteiger partial charge in [-0.25, -0.2) is 19.4 Å². The van der Waals surface area contributed by atoms with Crippen LogP contribution >= 0.6 is 0 Å². The molecule has 1 amide bonds. The summed E-state index contributed by atoms with van der Waals surface area (Å²) < 4.78 is 49.1. The van der Waals surface area contributed by atoms with Crippen LogP contribution in [-0.4, -0.2) is 76.5 Å². The summed E-state index contributed by atoms with van der Waals surface area (Å²) in [4.78, 5) is 60.4. The third-order valence-electron chi connectivity index (χ3n) is 5.63. The number of carboxylic acid groups (broad SMARTS) is 3. The van der Waals surface area contributed by atoms with E-state index in [1.165, 1.54) is 18.2 Å². The Kier molecular flexibility index (Phi) is 12.9. The molecular formula is C27H29F3N4O11. The highest BCUT2D eigenvalue weighted by Crippen LogP contribution is 2.35. The second-order valence-electron chi connectivity index (χ2n) is 9.11. The minimum atomic E-state index is -5.08. The van der Waals surface area contributed by atoms with E-state index in [0.29, 0.717) is 30.7 Å². The molecule has 0 aromatic heterocycles. The normalized spacial score (nSPS) is 13.5. The lowest BCUT2D eigenvalue weighted by molar-refractivity contribution is -0.192. The first-order valence-corrected chi connectivity index (χ1v) is 13.0. The van der Waals surface area contributed by atoms with Gasteiger partial charge in [0.15, 0.2) is 17.5 Å². The van der Waals surface area contributed by atoms with E-state index in [-0.39, 0.29) is 48.2 Å². The van der Waals surface area contributed by atoms with E-state index in [1.807, 2.05) is 0 Å². The zero-order valence-corrected chi connectivity index (χ0v) is 23.3. The second kappa shape index (κ2) is 16.3. The average Bonchev–Trinajstić information content (AvgIpc) is 2.92.